The van der Waals surface area contributed by atoms with Gasteiger partial charge >= 0.3 is 0 Å². The van der Waals surface area contributed by atoms with Crippen molar-refractivity contribution in [3.05, 3.63) is 53.1 Å². The Morgan fingerprint density at radius 2 is 1.70 bits per heavy atom. The second kappa shape index (κ2) is 7.81. The van der Waals surface area contributed by atoms with E-state index in [1.54, 1.807) is 55.7 Å². The van der Waals surface area contributed by atoms with E-state index in [1.165, 1.54) is 4.90 Å². The second-order valence-corrected chi connectivity index (χ2v) is 7.98. The van der Waals surface area contributed by atoms with E-state index in [0.717, 1.165) is 5.56 Å². The summed E-state index contributed by atoms with van der Waals surface area (Å²) in [7, 11) is 3.13. The number of hydrogen-bond acceptors (Lipinski definition) is 6. The van der Waals surface area contributed by atoms with Crippen molar-refractivity contribution in [2.24, 2.45) is 5.92 Å². The van der Waals surface area contributed by atoms with Gasteiger partial charge in [0.25, 0.3) is 5.91 Å². The zero-order valence-corrected chi connectivity index (χ0v) is 17.9. The molecule has 2 aromatic rings. The lowest BCUT2D eigenvalue weighted by atomic mass is 9.90. The van der Waals surface area contributed by atoms with Crippen molar-refractivity contribution in [1.82, 2.24) is 4.90 Å². The number of anilines is 1. The van der Waals surface area contributed by atoms with Crippen molar-refractivity contribution in [1.29, 1.82) is 0 Å². The van der Waals surface area contributed by atoms with Crippen LogP contribution in [0, 0.1) is 5.92 Å². The Kier molecular flexibility index (Phi) is 5.34. The molecule has 0 saturated carbocycles. The lowest BCUT2D eigenvalue weighted by molar-refractivity contribution is -0.145. The summed E-state index contributed by atoms with van der Waals surface area (Å²) < 4.78 is 10.9. The number of amides is 2. The minimum absolute atomic E-state index is 0.249. The van der Waals surface area contributed by atoms with E-state index in [0.29, 0.717) is 22.2 Å². The minimum atomic E-state index is -0.896. The van der Waals surface area contributed by atoms with E-state index < -0.39 is 18.1 Å². The number of likely N-dealkylation sites (tertiary alicyclic amines) is 1. The number of nitrogens with zero attached hydrogens (tertiary/aromatic N) is 2. The highest BCUT2D eigenvalue weighted by Crippen LogP contribution is 2.49. The number of rotatable bonds is 5. The van der Waals surface area contributed by atoms with Gasteiger partial charge in [0, 0.05) is 22.7 Å². The van der Waals surface area contributed by atoms with Gasteiger partial charge in [0.15, 0.2) is 6.10 Å². The van der Waals surface area contributed by atoms with Gasteiger partial charge in [0.1, 0.15) is 17.4 Å². The summed E-state index contributed by atoms with van der Waals surface area (Å²) in [6.07, 6.45) is -0.896. The van der Waals surface area contributed by atoms with Crippen LogP contribution in [0.2, 0.25) is 5.02 Å². The molecular formula is C22H23ClN2O5. The highest BCUT2D eigenvalue weighted by molar-refractivity contribution is 6.30. The molecule has 158 valence electrons. The number of benzene rings is 2. The lowest BCUT2D eigenvalue weighted by Gasteiger charge is -2.30. The third-order valence-electron chi connectivity index (χ3n) is 5.51. The Bertz CT molecular complexity index is 978. The molecular weight excluding hydrogens is 408 g/mol. The summed E-state index contributed by atoms with van der Waals surface area (Å²) in [5.74, 6) is -0.0984. The standard InChI is InChI=1S/C22H23ClN2O5/c1-12(2)24-21(26)18-19(16-10-9-15(28-3)11-17(16)29-4)25(30-20(18)22(24)27)14-7-5-13(23)6-8-14/h5-12,18-20H,1-4H3/t18-,19+,20+/m0/s1. The van der Waals surface area contributed by atoms with E-state index in [2.05, 4.69) is 0 Å². The van der Waals surface area contributed by atoms with Crippen molar-refractivity contribution in [2.45, 2.75) is 32.0 Å². The molecule has 0 aliphatic carbocycles. The lowest BCUT2D eigenvalue weighted by Crippen LogP contribution is -2.41. The zero-order valence-electron chi connectivity index (χ0n) is 17.2. The molecule has 0 N–H and O–H groups in total. The van der Waals surface area contributed by atoms with Gasteiger partial charge in [-0.15, -0.1) is 0 Å². The van der Waals surface area contributed by atoms with Crippen LogP contribution in [-0.4, -0.2) is 43.1 Å². The van der Waals surface area contributed by atoms with Crippen LogP contribution in [0.1, 0.15) is 25.5 Å². The van der Waals surface area contributed by atoms with Crippen molar-refractivity contribution in [2.75, 3.05) is 19.3 Å². The molecule has 8 heteroatoms. The number of carbonyl (C=O) groups excluding carboxylic acids is 2. The monoisotopic (exact) mass is 430 g/mol. The van der Waals surface area contributed by atoms with Gasteiger partial charge in [-0.1, -0.05) is 11.6 Å². The maximum Gasteiger partial charge on any atom is 0.262 e. The normalized spacial score (nSPS) is 23.3. The first kappa shape index (κ1) is 20.5. The molecule has 2 fully saturated rings. The third kappa shape index (κ3) is 3.18. The predicted molar refractivity (Wildman–Crippen MR) is 112 cm³/mol. The summed E-state index contributed by atoms with van der Waals surface area (Å²) in [5, 5.41) is 2.19. The summed E-state index contributed by atoms with van der Waals surface area (Å²) in [6, 6.07) is 11.6. The highest BCUT2D eigenvalue weighted by atomic mass is 35.5. The largest absolute Gasteiger partial charge is 0.497 e. The van der Waals surface area contributed by atoms with Gasteiger partial charge < -0.3 is 9.47 Å². The van der Waals surface area contributed by atoms with Crippen molar-refractivity contribution < 1.29 is 23.9 Å². The highest BCUT2D eigenvalue weighted by Gasteiger charge is 2.60. The van der Waals surface area contributed by atoms with Crippen LogP contribution < -0.4 is 14.5 Å². The fourth-order valence-electron chi connectivity index (χ4n) is 4.14. The predicted octanol–water partition coefficient (Wildman–Crippen LogP) is 3.61. The van der Waals surface area contributed by atoms with Gasteiger partial charge in [-0.05, 0) is 50.2 Å². The molecule has 0 spiro atoms. The topological polar surface area (TPSA) is 68.3 Å². The van der Waals surface area contributed by atoms with Gasteiger partial charge in [-0.2, -0.15) is 0 Å². The molecule has 7 nitrogen and oxygen atoms in total. The first-order valence-corrected chi connectivity index (χ1v) is 10.1. The zero-order chi connectivity index (χ0) is 21.6. The van der Waals surface area contributed by atoms with E-state index in [4.69, 9.17) is 25.9 Å². The number of hydrogen-bond donors (Lipinski definition) is 0. The Hall–Kier alpha value is -2.77. The molecule has 2 aliphatic heterocycles. The third-order valence-corrected chi connectivity index (χ3v) is 5.76. The molecule has 30 heavy (non-hydrogen) atoms. The molecule has 0 radical (unpaired) electrons. The van der Waals surface area contributed by atoms with Gasteiger partial charge in [-0.25, -0.2) is 5.06 Å². The molecule has 2 aliphatic rings. The summed E-state index contributed by atoms with van der Waals surface area (Å²) in [4.78, 5) is 33.6. The van der Waals surface area contributed by atoms with Crippen LogP contribution in [0.25, 0.3) is 0 Å². The quantitative estimate of drug-likeness (QED) is 0.675. The van der Waals surface area contributed by atoms with E-state index in [9.17, 15) is 9.59 Å². The summed E-state index contributed by atoms with van der Waals surface area (Å²) >= 11 is 6.04. The van der Waals surface area contributed by atoms with Gasteiger partial charge in [0.2, 0.25) is 5.91 Å². The molecule has 0 unspecified atom stereocenters. The van der Waals surface area contributed by atoms with Crippen LogP contribution in [0.3, 0.4) is 0 Å². The maximum absolute atomic E-state index is 13.3. The molecule has 0 aromatic heterocycles. The Morgan fingerprint density at radius 1 is 1.00 bits per heavy atom. The Morgan fingerprint density at radius 3 is 2.30 bits per heavy atom. The smallest absolute Gasteiger partial charge is 0.262 e. The Balaban J connectivity index is 1.84. The van der Waals surface area contributed by atoms with E-state index in [-0.39, 0.29) is 17.9 Å². The number of imide groups is 1. The minimum Gasteiger partial charge on any atom is -0.497 e. The molecule has 3 atom stereocenters. The first-order valence-electron chi connectivity index (χ1n) is 9.67. The van der Waals surface area contributed by atoms with Crippen LogP contribution in [0.15, 0.2) is 42.5 Å². The molecule has 4 rings (SSSR count). The first-order chi connectivity index (χ1) is 14.4. The number of halogens is 1. The number of methoxy groups -OCH3 is 2. The van der Waals surface area contributed by atoms with E-state index in [1.807, 2.05) is 19.9 Å². The molecule has 2 aromatic carbocycles. The molecule has 0 bridgehead atoms. The number of carbonyl (C=O) groups is 2. The van der Waals surface area contributed by atoms with Crippen molar-refractivity contribution >= 4 is 29.1 Å². The fourth-order valence-corrected chi connectivity index (χ4v) is 4.26. The van der Waals surface area contributed by atoms with E-state index >= 15 is 0 Å². The summed E-state index contributed by atoms with van der Waals surface area (Å²) in [5.41, 5.74) is 1.42. The van der Waals surface area contributed by atoms with Crippen LogP contribution in [-0.2, 0) is 14.4 Å². The molecule has 2 amide bonds. The molecule has 2 saturated heterocycles. The number of hydroxylamine groups is 1. The SMILES string of the molecule is COc1ccc([C@@H]2[C@@H]3C(=O)N(C(C)C)C(=O)[C@@H]3ON2c2ccc(Cl)cc2)c(OC)c1. The average molecular weight is 431 g/mol. The second-order valence-electron chi connectivity index (χ2n) is 7.55. The van der Waals surface area contributed by atoms with Gasteiger partial charge in [-0.3, -0.25) is 19.3 Å². The Labute approximate surface area is 180 Å². The van der Waals surface area contributed by atoms with Gasteiger partial charge in [0.05, 0.1) is 25.9 Å². The van der Waals surface area contributed by atoms with Crippen molar-refractivity contribution in [3.63, 3.8) is 0 Å². The fraction of sp³-hybridized carbons (Fsp3) is 0.364. The summed E-state index contributed by atoms with van der Waals surface area (Å²) in [6.45, 7) is 3.63. The van der Waals surface area contributed by atoms with Crippen molar-refractivity contribution in [3.8, 4) is 11.5 Å². The molecule has 2 heterocycles. The average Bonchev–Trinajstić information content (AvgIpc) is 3.24. The number of fused-ring (bicyclic) bond motifs is 1. The van der Waals surface area contributed by atoms with Crippen LogP contribution >= 0.6 is 11.6 Å². The maximum atomic E-state index is 13.3. The van der Waals surface area contributed by atoms with Crippen LogP contribution in [0.4, 0.5) is 5.69 Å². The number of ether oxygens (including phenoxy) is 2. The van der Waals surface area contributed by atoms with Crippen LogP contribution in [0.5, 0.6) is 11.5 Å².